The number of rotatable bonds is 4. The zero-order chi connectivity index (χ0) is 14.7. The molecule has 0 saturated heterocycles. The third-order valence-corrected chi connectivity index (χ3v) is 3.93. The van der Waals surface area contributed by atoms with Gasteiger partial charge in [0.25, 0.3) is 0 Å². The van der Waals surface area contributed by atoms with E-state index in [0.29, 0.717) is 8.58 Å². The molecule has 1 aromatic carbocycles. The van der Waals surface area contributed by atoms with E-state index in [1.54, 1.807) is 0 Å². The third kappa shape index (κ3) is 3.33. The Hall–Kier alpha value is -1.51. The van der Waals surface area contributed by atoms with Gasteiger partial charge in [0.2, 0.25) is 10.2 Å². The number of aromatic nitrogens is 2. The molecular weight excluding hydrogens is 419 g/mol. The molecule has 0 atom stereocenters. The highest BCUT2D eigenvalue weighted by molar-refractivity contribution is 14.1. The summed E-state index contributed by atoms with van der Waals surface area (Å²) < 4.78 is 6.17. The van der Waals surface area contributed by atoms with Crippen LogP contribution < -0.4 is 4.74 Å². The van der Waals surface area contributed by atoms with Gasteiger partial charge in [-0.05, 0) is 40.3 Å². The molecule has 2 aromatic rings. The van der Waals surface area contributed by atoms with Crippen molar-refractivity contribution in [3.63, 3.8) is 0 Å². The number of nitro groups is 1. The number of nitriles is 1. The van der Waals surface area contributed by atoms with Crippen LogP contribution in [0.4, 0.5) is 5.69 Å². The summed E-state index contributed by atoms with van der Waals surface area (Å²) in [5.41, 5.74) is -0.0588. The molecule has 0 aliphatic carbocycles. The molecule has 0 aliphatic heterocycles. The van der Waals surface area contributed by atoms with Crippen molar-refractivity contribution in [2.45, 2.75) is 6.61 Å². The number of nitro benzene ring substituents is 1. The van der Waals surface area contributed by atoms with Crippen LogP contribution in [0.2, 0.25) is 4.47 Å². The van der Waals surface area contributed by atoms with Gasteiger partial charge in [0.05, 0.1) is 20.1 Å². The van der Waals surface area contributed by atoms with Crippen molar-refractivity contribution in [1.29, 1.82) is 5.26 Å². The number of nitrogens with zero attached hydrogens (tertiary/aromatic N) is 4. The molecule has 0 bridgehead atoms. The molecule has 102 valence electrons. The molecule has 0 N–H and O–H groups in total. The van der Waals surface area contributed by atoms with Crippen LogP contribution in [0.3, 0.4) is 0 Å². The summed E-state index contributed by atoms with van der Waals surface area (Å²) in [4.78, 5) is 10.4. The molecule has 1 aromatic heterocycles. The second kappa shape index (κ2) is 6.29. The molecule has 7 nitrogen and oxygen atoms in total. The molecule has 10 heteroatoms. The van der Waals surface area contributed by atoms with Crippen LogP contribution in [0, 0.1) is 25.0 Å². The molecule has 20 heavy (non-hydrogen) atoms. The SMILES string of the molecule is N#Cc1cc(I)c(OCc2nnc(Cl)s2)c([N+](=O)[O-])c1. The average molecular weight is 423 g/mol. The fourth-order valence-electron chi connectivity index (χ4n) is 1.35. The molecule has 1 heterocycles. The topological polar surface area (TPSA) is 102 Å². The molecule has 0 aliphatic rings. The second-order valence-corrected chi connectivity index (χ2v) is 6.22. The molecule has 0 radical (unpaired) electrons. The number of hydrogen-bond donors (Lipinski definition) is 0. The lowest BCUT2D eigenvalue weighted by molar-refractivity contribution is -0.386. The van der Waals surface area contributed by atoms with Crippen LogP contribution in [0.15, 0.2) is 12.1 Å². The highest BCUT2D eigenvalue weighted by atomic mass is 127. The monoisotopic (exact) mass is 422 g/mol. The van der Waals surface area contributed by atoms with Crippen molar-refractivity contribution in [3.05, 3.63) is 40.9 Å². The standard InChI is InChI=1S/C10H4ClIN4O3S/c11-10-15-14-8(20-10)4-19-9-6(12)1-5(3-13)2-7(9)16(17)18/h1-2H,4H2. The highest BCUT2D eigenvalue weighted by Crippen LogP contribution is 2.34. The maximum Gasteiger partial charge on any atom is 0.313 e. The summed E-state index contributed by atoms with van der Waals surface area (Å²) in [6, 6.07) is 4.55. The Kier molecular flexibility index (Phi) is 4.69. The van der Waals surface area contributed by atoms with Crippen molar-refractivity contribution in [2.75, 3.05) is 0 Å². The number of ether oxygens (including phenoxy) is 1. The van der Waals surface area contributed by atoms with Crippen molar-refractivity contribution in [1.82, 2.24) is 10.2 Å². The van der Waals surface area contributed by atoms with Gasteiger partial charge in [0, 0.05) is 6.07 Å². The van der Waals surface area contributed by atoms with Crippen molar-refractivity contribution in [2.24, 2.45) is 0 Å². The fourth-order valence-corrected chi connectivity index (χ4v) is 2.90. The Morgan fingerprint density at radius 3 is 2.85 bits per heavy atom. The van der Waals surface area contributed by atoms with Crippen molar-refractivity contribution in [3.8, 4) is 11.8 Å². The molecule has 0 saturated carbocycles. The van der Waals surface area contributed by atoms with Gasteiger partial charge in [-0.15, -0.1) is 10.2 Å². The van der Waals surface area contributed by atoms with Gasteiger partial charge in [0.15, 0.2) is 5.01 Å². The van der Waals surface area contributed by atoms with Gasteiger partial charge in [-0.25, -0.2) is 0 Å². The van der Waals surface area contributed by atoms with Crippen molar-refractivity contribution < 1.29 is 9.66 Å². The summed E-state index contributed by atoms with van der Waals surface area (Å²) in [5, 5.41) is 27.7. The predicted octanol–water partition coefficient (Wildman–Crippen LogP) is 3.15. The molecule has 0 amide bonds. The van der Waals surface area contributed by atoms with E-state index in [0.717, 1.165) is 11.3 Å². The molecular formula is C10H4ClIN4O3S. The van der Waals surface area contributed by atoms with Gasteiger partial charge in [-0.1, -0.05) is 11.3 Å². The third-order valence-electron chi connectivity index (χ3n) is 2.13. The lowest BCUT2D eigenvalue weighted by Gasteiger charge is -2.07. The Balaban J connectivity index is 2.31. The quantitative estimate of drug-likeness (QED) is 0.426. The minimum atomic E-state index is -0.592. The van der Waals surface area contributed by atoms with Gasteiger partial charge >= 0.3 is 5.69 Å². The van der Waals surface area contributed by atoms with Crippen LogP contribution in [0.1, 0.15) is 10.6 Å². The van der Waals surface area contributed by atoms with E-state index in [2.05, 4.69) is 10.2 Å². The van der Waals surface area contributed by atoms with Crippen molar-refractivity contribution >= 4 is 51.2 Å². The largest absolute Gasteiger partial charge is 0.479 e. The highest BCUT2D eigenvalue weighted by Gasteiger charge is 2.21. The minimum Gasteiger partial charge on any atom is -0.479 e. The molecule has 0 fully saturated rings. The van der Waals surface area contributed by atoms with Gasteiger partial charge in [-0.2, -0.15) is 5.26 Å². The average Bonchev–Trinajstić information content (AvgIpc) is 2.82. The zero-order valence-corrected chi connectivity index (χ0v) is 13.3. The Morgan fingerprint density at radius 1 is 1.55 bits per heavy atom. The molecule has 2 rings (SSSR count). The molecule has 0 unspecified atom stereocenters. The van der Waals surface area contributed by atoms with Crippen LogP contribution in [0.25, 0.3) is 0 Å². The lowest BCUT2D eigenvalue weighted by Crippen LogP contribution is -2.01. The maximum absolute atomic E-state index is 11.0. The normalized spacial score (nSPS) is 10.1. The van der Waals surface area contributed by atoms with E-state index >= 15 is 0 Å². The lowest BCUT2D eigenvalue weighted by atomic mass is 10.2. The molecule has 0 spiro atoms. The summed E-state index contributed by atoms with van der Waals surface area (Å²) in [5.74, 6) is 0.0981. The Bertz CT molecular complexity index is 715. The summed E-state index contributed by atoms with van der Waals surface area (Å²) in [6.45, 7) is 0.0210. The van der Waals surface area contributed by atoms with Crippen LogP contribution in [-0.2, 0) is 6.61 Å². The first-order chi connectivity index (χ1) is 9.51. The van der Waals surface area contributed by atoms with Gasteiger partial charge in [0.1, 0.15) is 6.61 Å². The van der Waals surface area contributed by atoms with E-state index in [9.17, 15) is 10.1 Å². The van der Waals surface area contributed by atoms with Crippen LogP contribution in [0.5, 0.6) is 5.75 Å². The number of halogens is 2. The second-order valence-electron chi connectivity index (χ2n) is 3.41. The number of hydrogen-bond acceptors (Lipinski definition) is 7. The van der Waals surface area contributed by atoms with E-state index in [-0.39, 0.29) is 28.1 Å². The first-order valence-corrected chi connectivity index (χ1v) is 7.27. The van der Waals surface area contributed by atoms with E-state index in [1.165, 1.54) is 12.1 Å². The smallest absolute Gasteiger partial charge is 0.313 e. The van der Waals surface area contributed by atoms with Crippen LogP contribution >= 0.6 is 45.5 Å². The first kappa shape index (κ1) is 14.9. The minimum absolute atomic E-state index is 0.0210. The van der Waals surface area contributed by atoms with E-state index in [4.69, 9.17) is 21.6 Å². The Labute approximate surface area is 135 Å². The van der Waals surface area contributed by atoms with E-state index < -0.39 is 4.92 Å². The van der Waals surface area contributed by atoms with Gasteiger partial charge < -0.3 is 4.74 Å². The fraction of sp³-hybridized carbons (Fsp3) is 0.100. The Morgan fingerprint density at radius 2 is 2.30 bits per heavy atom. The van der Waals surface area contributed by atoms with Crippen LogP contribution in [-0.4, -0.2) is 15.1 Å². The van der Waals surface area contributed by atoms with E-state index in [1.807, 2.05) is 28.7 Å². The summed E-state index contributed by atoms with van der Waals surface area (Å²) >= 11 is 8.64. The maximum atomic E-state index is 11.0. The first-order valence-electron chi connectivity index (χ1n) is 5.00. The zero-order valence-electron chi connectivity index (χ0n) is 9.54. The predicted molar refractivity (Wildman–Crippen MR) is 79.8 cm³/mol. The summed E-state index contributed by atoms with van der Waals surface area (Å²) in [6.07, 6.45) is 0. The summed E-state index contributed by atoms with van der Waals surface area (Å²) in [7, 11) is 0. The van der Waals surface area contributed by atoms with Gasteiger partial charge in [-0.3, -0.25) is 10.1 Å². The number of benzene rings is 1.